The van der Waals surface area contributed by atoms with E-state index in [4.69, 9.17) is 11.5 Å². The molecule has 0 unspecified atom stereocenters. The van der Waals surface area contributed by atoms with Crippen molar-refractivity contribution >= 4 is 28.3 Å². The van der Waals surface area contributed by atoms with E-state index in [0.29, 0.717) is 25.8 Å². The maximum atomic E-state index is 12.8. The number of benzene rings is 3. The standard InChI is InChI=1S/C26H32N4O2/c1-18-8-10-19(11-9-18)15-23(30-26(32)24(28)7-4-14-27)17-25(31)29-22-13-12-20-5-2-3-6-21(20)16-22/h2-3,5-6,8-13,16,23-24H,4,7,14-15,17,27-28H2,1H3,(H,29,31)(H,30,32)/t23-,24-/m0/s1. The van der Waals surface area contributed by atoms with Gasteiger partial charge in [-0.2, -0.15) is 0 Å². The van der Waals surface area contributed by atoms with Crippen LogP contribution in [0.2, 0.25) is 0 Å². The van der Waals surface area contributed by atoms with Crippen LogP contribution in [0.4, 0.5) is 5.69 Å². The molecule has 2 atom stereocenters. The molecule has 6 N–H and O–H groups in total. The number of amides is 2. The Kier molecular flexibility index (Phi) is 8.36. The van der Waals surface area contributed by atoms with E-state index >= 15 is 0 Å². The van der Waals surface area contributed by atoms with E-state index in [1.54, 1.807) is 0 Å². The maximum Gasteiger partial charge on any atom is 0.237 e. The molecule has 0 aliphatic heterocycles. The van der Waals surface area contributed by atoms with E-state index in [2.05, 4.69) is 10.6 Å². The average Bonchev–Trinajstić information content (AvgIpc) is 2.78. The maximum absolute atomic E-state index is 12.8. The number of carbonyl (C=O) groups is 2. The number of fused-ring (bicyclic) bond motifs is 1. The number of rotatable bonds is 10. The van der Waals surface area contributed by atoms with Gasteiger partial charge in [0.1, 0.15) is 0 Å². The Bertz CT molecular complexity index is 1050. The molecule has 0 fully saturated rings. The molecule has 3 rings (SSSR count). The molecule has 32 heavy (non-hydrogen) atoms. The first-order valence-corrected chi connectivity index (χ1v) is 11.0. The van der Waals surface area contributed by atoms with Crippen molar-refractivity contribution in [1.29, 1.82) is 0 Å². The van der Waals surface area contributed by atoms with Gasteiger partial charge in [-0.3, -0.25) is 9.59 Å². The van der Waals surface area contributed by atoms with Crippen LogP contribution in [-0.4, -0.2) is 30.4 Å². The highest BCUT2D eigenvalue weighted by molar-refractivity contribution is 5.95. The lowest BCUT2D eigenvalue weighted by atomic mass is 10.0. The molecule has 0 spiro atoms. The number of aryl methyl sites for hydroxylation is 1. The monoisotopic (exact) mass is 432 g/mol. The number of nitrogens with two attached hydrogens (primary N) is 2. The van der Waals surface area contributed by atoms with Gasteiger partial charge in [0.15, 0.2) is 0 Å². The highest BCUT2D eigenvalue weighted by Gasteiger charge is 2.21. The van der Waals surface area contributed by atoms with Crippen molar-refractivity contribution in [3.63, 3.8) is 0 Å². The van der Waals surface area contributed by atoms with Gasteiger partial charge in [0.25, 0.3) is 0 Å². The van der Waals surface area contributed by atoms with E-state index in [-0.39, 0.29) is 24.3 Å². The fourth-order valence-electron chi connectivity index (χ4n) is 3.66. The molecule has 0 saturated heterocycles. The second kappa shape index (κ2) is 11.4. The minimum Gasteiger partial charge on any atom is -0.351 e. The molecule has 6 nitrogen and oxygen atoms in total. The highest BCUT2D eigenvalue weighted by Crippen LogP contribution is 2.19. The molecule has 0 saturated carbocycles. The van der Waals surface area contributed by atoms with Gasteiger partial charge in [0.05, 0.1) is 6.04 Å². The summed E-state index contributed by atoms with van der Waals surface area (Å²) in [5.41, 5.74) is 14.5. The molecular weight excluding hydrogens is 400 g/mol. The molecule has 2 amide bonds. The van der Waals surface area contributed by atoms with Gasteiger partial charge in [-0.25, -0.2) is 0 Å². The first-order valence-electron chi connectivity index (χ1n) is 11.0. The third-order valence-corrected chi connectivity index (χ3v) is 5.47. The van der Waals surface area contributed by atoms with E-state index in [1.165, 1.54) is 0 Å². The molecule has 3 aromatic rings. The van der Waals surface area contributed by atoms with Crippen molar-refractivity contribution in [1.82, 2.24) is 5.32 Å². The zero-order valence-electron chi connectivity index (χ0n) is 18.5. The largest absolute Gasteiger partial charge is 0.351 e. The predicted octanol–water partition coefficient (Wildman–Crippen LogP) is 3.27. The summed E-state index contributed by atoms with van der Waals surface area (Å²) in [6.07, 6.45) is 1.89. The van der Waals surface area contributed by atoms with Crippen molar-refractivity contribution < 1.29 is 9.59 Å². The lowest BCUT2D eigenvalue weighted by Gasteiger charge is -2.21. The molecule has 0 bridgehead atoms. The summed E-state index contributed by atoms with van der Waals surface area (Å²) in [6.45, 7) is 2.51. The first-order chi connectivity index (χ1) is 15.4. The Morgan fingerprint density at radius 2 is 1.69 bits per heavy atom. The van der Waals surface area contributed by atoms with Crippen LogP contribution in [0.25, 0.3) is 10.8 Å². The van der Waals surface area contributed by atoms with Gasteiger partial charge < -0.3 is 22.1 Å². The van der Waals surface area contributed by atoms with Crippen LogP contribution < -0.4 is 22.1 Å². The van der Waals surface area contributed by atoms with Gasteiger partial charge in [0.2, 0.25) is 11.8 Å². The van der Waals surface area contributed by atoms with Crippen molar-refractivity contribution in [3.8, 4) is 0 Å². The molecule has 0 radical (unpaired) electrons. The summed E-state index contributed by atoms with van der Waals surface area (Å²) in [7, 11) is 0. The lowest BCUT2D eigenvalue weighted by molar-refractivity contribution is -0.123. The Labute approximate surface area is 189 Å². The van der Waals surface area contributed by atoms with Crippen LogP contribution in [-0.2, 0) is 16.0 Å². The molecular formula is C26H32N4O2. The predicted molar refractivity (Wildman–Crippen MR) is 130 cm³/mol. The Morgan fingerprint density at radius 3 is 2.41 bits per heavy atom. The number of hydrogen-bond donors (Lipinski definition) is 4. The molecule has 0 aliphatic carbocycles. The third-order valence-electron chi connectivity index (χ3n) is 5.47. The molecule has 0 aromatic heterocycles. The summed E-state index contributed by atoms with van der Waals surface area (Å²) in [6, 6.07) is 20.9. The normalized spacial score (nSPS) is 12.8. The fourth-order valence-corrected chi connectivity index (χ4v) is 3.66. The molecule has 168 valence electrons. The summed E-state index contributed by atoms with van der Waals surface area (Å²) in [5.74, 6) is -0.415. The van der Waals surface area contributed by atoms with Crippen molar-refractivity contribution in [2.24, 2.45) is 11.5 Å². The summed E-state index contributed by atoms with van der Waals surface area (Å²) >= 11 is 0. The summed E-state index contributed by atoms with van der Waals surface area (Å²) < 4.78 is 0. The van der Waals surface area contributed by atoms with Gasteiger partial charge in [-0.05, 0) is 61.2 Å². The number of hydrogen-bond acceptors (Lipinski definition) is 4. The van der Waals surface area contributed by atoms with E-state index < -0.39 is 6.04 Å². The smallest absolute Gasteiger partial charge is 0.237 e. The Balaban J connectivity index is 1.68. The van der Waals surface area contributed by atoms with Crippen molar-refractivity contribution in [3.05, 3.63) is 77.9 Å². The minimum atomic E-state index is -0.636. The van der Waals surface area contributed by atoms with Gasteiger partial charge in [-0.1, -0.05) is 60.2 Å². The van der Waals surface area contributed by atoms with E-state index in [1.807, 2.05) is 73.7 Å². The number of nitrogens with one attached hydrogen (secondary N) is 2. The van der Waals surface area contributed by atoms with Crippen LogP contribution in [0, 0.1) is 6.92 Å². The molecule has 0 heterocycles. The van der Waals surface area contributed by atoms with Crippen LogP contribution in [0.5, 0.6) is 0 Å². The Morgan fingerprint density at radius 1 is 0.969 bits per heavy atom. The minimum absolute atomic E-state index is 0.149. The van der Waals surface area contributed by atoms with Crippen LogP contribution in [0.15, 0.2) is 66.7 Å². The lowest BCUT2D eigenvalue weighted by Crippen LogP contribution is -2.47. The van der Waals surface area contributed by atoms with E-state index in [9.17, 15) is 9.59 Å². The number of anilines is 1. The summed E-state index contributed by atoms with van der Waals surface area (Å²) in [5, 5.41) is 8.10. The van der Waals surface area contributed by atoms with Crippen molar-refractivity contribution in [2.75, 3.05) is 11.9 Å². The highest BCUT2D eigenvalue weighted by atomic mass is 16.2. The molecule has 6 heteroatoms. The topological polar surface area (TPSA) is 110 Å². The van der Waals surface area contributed by atoms with Gasteiger partial charge in [-0.15, -0.1) is 0 Å². The second-order valence-corrected chi connectivity index (χ2v) is 8.25. The molecule has 0 aliphatic rings. The molecule has 3 aromatic carbocycles. The second-order valence-electron chi connectivity index (χ2n) is 8.25. The van der Waals surface area contributed by atoms with Crippen molar-refractivity contribution in [2.45, 2.75) is 44.7 Å². The quantitative estimate of drug-likeness (QED) is 0.394. The third kappa shape index (κ3) is 6.90. The average molecular weight is 433 g/mol. The zero-order valence-corrected chi connectivity index (χ0v) is 18.5. The summed E-state index contributed by atoms with van der Waals surface area (Å²) in [4.78, 5) is 25.4. The van der Waals surface area contributed by atoms with Crippen LogP contribution >= 0.6 is 0 Å². The SMILES string of the molecule is Cc1ccc(C[C@@H](CC(=O)Nc2ccc3ccccc3c2)NC(=O)[C@@H](N)CCCN)cc1. The Hall–Kier alpha value is -3.22. The van der Waals surface area contributed by atoms with E-state index in [0.717, 1.165) is 27.6 Å². The van der Waals surface area contributed by atoms with Crippen LogP contribution in [0.3, 0.4) is 0 Å². The first kappa shape index (κ1) is 23.4. The zero-order chi connectivity index (χ0) is 22.9. The van der Waals surface area contributed by atoms with Crippen LogP contribution in [0.1, 0.15) is 30.4 Å². The fraction of sp³-hybridized carbons (Fsp3) is 0.308. The van der Waals surface area contributed by atoms with Gasteiger partial charge >= 0.3 is 0 Å². The number of carbonyl (C=O) groups excluding carboxylic acids is 2. The van der Waals surface area contributed by atoms with Gasteiger partial charge in [0, 0.05) is 18.2 Å².